The van der Waals surface area contributed by atoms with Crippen molar-refractivity contribution in [1.82, 2.24) is 9.97 Å². The summed E-state index contributed by atoms with van der Waals surface area (Å²) in [6.45, 7) is 0.457. The SMILES string of the molecule is CS(=O)(=O)c1cnc(CCN)nc1. The van der Waals surface area contributed by atoms with Gasteiger partial charge in [-0.1, -0.05) is 0 Å². The van der Waals surface area contributed by atoms with Gasteiger partial charge in [0.1, 0.15) is 10.7 Å². The van der Waals surface area contributed by atoms with E-state index in [2.05, 4.69) is 9.97 Å². The van der Waals surface area contributed by atoms with Crippen LogP contribution in [0.1, 0.15) is 5.82 Å². The molecule has 5 nitrogen and oxygen atoms in total. The quantitative estimate of drug-likeness (QED) is 0.704. The van der Waals surface area contributed by atoms with Gasteiger partial charge in [0, 0.05) is 25.1 Å². The van der Waals surface area contributed by atoms with Crippen LogP contribution in [-0.2, 0) is 16.3 Å². The molecule has 0 amide bonds. The van der Waals surface area contributed by atoms with E-state index in [0.29, 0.717) is 18.8 Å². The third-order valence-electron chi connectivity index (χ3n) is 1.48. The van der Waals surface area contributed by atoms with Crippen molar-refractivity contribution in [1.29, 1.82) is 0 Å². The van der Waals surface area contributed by atoms with Gasteiger partial charge < -0.3 is 5.73 Å². The number of nitrogens with zero attached hydrogens (tertiary/aromatic N) is 2. The zero-order valence-corrected chi connectivity index (χ0v) is 8.08. The molecule has 1 aromatic rings. The first kappa shape index (κ1) is 10.1. The summed E-state index contributed by atoms with van der Waals surface area (Å²) in [4.78, 5) is 7.86. The van der Waals surface area contributed by atoms with Crippen LogP contribution in [0.4, 0.5) is 0 Å². The van der Waals surface area contributed by atoms with Crippen LogP contribution in [0, 0.1) is 0 Å². The molecule has 13 heavy (non-hydrogen) atoms. The number of nitrogens with two attached hydrogens (primary N) is 1. The van der Waals surface area contributed by atoms with Crippen LogP contribution in [-0.4, -0.2) is 31.2 Å². The first-order valence-electron chi connectivity index (χ1n) is 3.75. The van der Waals surface area contributed by atoms with Crippen molar-refractivity contribution >= 4 is 9.84 Å². The predicted molar refractivity (Wildman–Crippen MR) is 47.9 cm³/mol. The summed E-state index contributed by atoms with van der Waals surface area (Å²) in [7, 11) is -3.19. The highest BCUT2D eigenvalue weighted by molar-refractivity contribution is 7.90. The van der Waals surface area contributed by atoms with Crippen LogP contribution in [0.15, 0.2) is 17.3 Å². The van der Waals surface area contributed by atoms with E-state index in [-0.39, 0.29) is 4.90 Å². The standard InChI is InChI=1S/C7H11N3O2S/c1-13(11,12)6-4-9-7(2-3-8)10-5-6/h4-5H,2-3,8H2,1H3. The van der Waals surface area contributed by atoms with Gasteiger partial charge in [-0.25, -0.2) is 18.4 Å². The molecule has 0 bridgehead atoms. The Labute approximate surface area is 76.9 Å². The number of hydrogen-bond acceptors (Lipinski definition) is 5. The highest BCUT2D eigenvalue weighted by Gasteiger charge is 2.07. The molecule has 0 spiro atoms. The largest absolute Gasteiger partial charge is 0.330 e. The summed E-state index contributed by atoms with van der Waals surface area (Å²) in [5.74, 6) is 0.565. The van der Waals surface area contributed by atoms with E-state index in [9.17, 15) is 8.42 Å². The third-order valence-corrected chi connectivity index (χ3v) is 2.54. The van der Waals surface area contributed by atoms with E-state index < -0.39 is 9.84 Å². The minimum atomic E-state index is -3.19. The maximum absolute atomic E-state index is 11.0. The lowest BCUT2D eigenvalue weighted by atomic mass is 10.4. The lowest BCUT2D eigenvalue weighted by molar-refractivity contribution is 0.600. The van der Waals surface area contributed by atoms with Crippen molar-refractivity contribution in [3.8, 4) is 0 Å². The molecule has 0 aliphatic heterocycles. The minimum Gasteiger partial charge on any atom is -0.330 e. The number of aromatic nitrogens is 2. The third kappa shape index (κ3) is 2.74. The van der Waals surface area contributed by atoms with Crippen LogP contribution in [0.2, 0.25) is 0 Å². The molecule has 0 atom stereocenters. The van der Waals surface area contributed by atoms with E-state index in [1.165, 1.54) is 12.4 Å². The molecule has 1 aromatic heterocycles. The Morgan fingerprint density at radius 3 is 2.31 bits per heavy atom. The van der Waals surface area contributed by atoms with Crippen LogP contribution in [0.3, 0.4) is 0 Å². The summed E-state index contributed by atoms with van der Waals surface area (Å²) in [5, 5.41) is 0. The van der Waals surface area contributed by atoms with Gasteiger partial charge in [0.15, 0.2) is 9.84 Å². The van der Waals surface area contributed by atoms with Crippen LogP contribution < -0.4 is 5.73 Å². The minimum absolute atomic E-state index is 0.133. The highest BCUT2D eigenvalue weighted by Crippen LogP contribution is 2.04. The molecule has 1 rings (SSSR count). The van der Waals surface area contributed by atoms with Crippen LogP contribution in [0.25, 0.3) is 0 Å². The van der Waals surface area contributed by atoms with Gasteiger partial charge in [0.2, 0.25) is 0 Å². The summed E-state index contributed by atoms with van der Waals surface area (Å²) >= 11 is 0. The molecule has 0 fully saturated rings. The van der Waals surface area contributed by atoms with E-state index in [1.807, 2.05) is 0 Å². The van der Waals surface area contributed by atoms with Gasteiger partial charge in [0.05, 0.1) is 0 Å². The van der Waals surface area contributed by atoms with Gasteiger partial charge in [0.25, 0.3) is 0 Å². The van der Waals surface area contributed by atoms with Crippen molar-refractivity contribution in [3.05, 3.63) is 18.2 Å². The zero-order chi connectivity index (χ0) is 9.90. The Balaban J connectivity index is 2.94. The van der Waals surface area contributed by atoms with Gasteiger partial charge in [-0.2, -0.15) is 0 Å². The second-order valence-electron chi connectivity index (χ2n) is 2.65. The van der Waals surface area contributed by atoms with E-state index in [4.69, 9.17) is 5.73 Å². The molecule has 0 saturated heterocycles. The molecule has 0 aliphatic rings. The molecule has 2 N–H and O–H groups in total. The normalized spacial score (nSPS) is 11.5. The van der Waals surface area contributed by atoms with Gasteiger partial charge in [-0.15, -0.1) is 0 Å². The monoisotopic (exact) mass is 201 g/mol. The molecule has 0 saturated carbocycles. The van der Waals surface area contributed by atoms with Crippen LogP contribution >= 0.6 is 0 Å². The summed E-state index contributed by atoms with van der Waals surface area (Å²) in [6, 6.07) is 0. The van der Waals surface area contributed by atoms with E-state index >= 15 is 0 Å². The number of hydrogen-bond donors (Lipinski definition) is 1. The average molecular weight is 201 g/mol. The second-order valence-corrected chi connectivity index (χ2v) is 4.66. The second kappa shape index (κ2) is 3.80. The topological polar surface area (TPSA) is 85.9 Å². The fraction of sp³-hybridized carbons (Fsp3) is 0.429. The average Bonchev–Trinajstić information content (AvgIpc) is 2.04. The summed E-state index contributed by atoms with van der Waals surface area (Å²) in [6.07, 6.45) is 4.28. The Morgan fingerprint density at radius 1 is 1.38 bits per heavy atom. The van der Waals surface area contributed by atoms with Crippen molar-refractivity contribution in [2.75, 3.05) is 12.8 Å². The lowest BCUT2D eigenvalue weighted by Gasteiger charge is -1.98. The molecule has 0 radical (unpaired) electrons. The molecule has 1 heterocycles. The van der Waals surface area contributed by atoms with Crippen molar-refractivity contribution in [3.63, 3.8) is 0 Å². The van der Waals surface area contributed by atoms with Crippen molar-refractivity contribution in [2.45, 2.75) is 11.3 Å². The van der Waals surface area contributed by atoms with Gasteiger partial charge in [-0.05, 0) is 6.54 Å². The highest BCUT2D eigenvalue weighted by atomic mass is 32.2. The molecule has 0 aromatic carbocycles. The Bertz CT molecular complexity index is 371. The number of sulfone groups is 1. The van der Waals surface area contributed by atoms with E-state index in [0.717, 1.165) is 6.26 Å². The first-order valence-corrected chi connectivity index (χ1v) is 5.64. The molecular weight excluding hydrogens is 190 g/mol. The van der Waals surface area contributed by atoms with Crippen molar-refractivity contribution < 1.29 is 8.42 Å². The zero-order valence-electron chi connectivity index (χ0n) is 7.27. The molecule has 72 valence electrons. The molecule has 6 heteroatoms. The molecular formula is C7H11N3O2S. The summed E-state index contributed by atoms with van der Waals surface area (Å²) in [5.41, 5.74) is 5.29. The first-order chi connectivity index (χ1) is 6.04. The van der Waals surface area contributed by atoms with Gasteiger partial charge >= 0.3 is 0 Å². The maximum atomic E-state index is 11.0. The maximum Gasteiger partial charge on any atom is 0.178 e. The van der Waals surface area contributed by atoms with Crippen LogP contribution in [0.5, 0.6) is 0 Å². The van der Waals surface area contributed by atoms with Crippen molar-refractivity contribution in [2.24, 2.45) is 5.73 Å². The Morgan fingerprint density at radius 2 is 1.92 bits per heavy atom. The Kier molecular flexibility index (Phi) is 2.94. The number of rotatable bonds is 3. The van der Waals surface area contributed by atoms with E-state index in [1.54, 1.807) is 0 Å². The molecule has 0 unspecified atom stereocenters. The lowest BCUT2D eigenvalue weighted by Crippen LogP contribution is -2.07. The smallest absolute Gasteiger partial charge is 0.178 e. The Hall–Kier alpha value is -1.01. The summed E-state index contributed by atoms with van der Waals surface area (Å²) < 4.78 is 22.0. The fourth-order valence-electron chi connectivity index (χ4n) is 0.793. The fourth-order valence-corrected chi connectivity index (χ4v) is 1.28. The van der Waals surface area contributed by atoms with Gasteiger partial charge in [-0.3, -0.25) is 0 Å². The predicted octanol–water partition coefficient (Wildman–Crippen LogP) is -0.619. The molecule has 0 aliphatic carbocycles.